The Morgan fingerprint density at radius 2 is 1.95 bits per heavy atom. The number of nitrogens with one attached hydrogen (secondary N) is 1. The van der Waals surface area contributed by atoms with Crippen molar-refractivity contribution in [2.24, 2.45) is 12.8 Å². The Balaban J connectivity index is 1.44. The lowest BCUT2D eigenvalue weighted by Gasteiger charge is -2.24. The molecule has 2 aliphatic rings. The number of carbonyl (C=O) groups excluding carboxylic acids is 1. The van der Waals surface area contributed by atoms with Crippen molar-refractivity contribution in [3.8, 4) is 22.8 Å². The van der Waals surface area contributed by atoms with Gasteiger partial charge in [-0.15, -0.1) is 0 Å². The van der Waals surface area contributed by atoms with Crippen LogP contribution < -0.4 is 20.5 Å². The zero-order valence-electron chi connectivity index (χ0n) is 22.8. The van der Waals surface area contributed by atoms with Crippen LogP contribution in [0.2, 0.25) is 0 Å². The smallest absolute Gasteiger partial charge is 0.249 e. The van der Waals surface area contributed by atoms with E-state index in [1.807, 2.05) is 48.3 Å². The predicted molar refractivity (Wildman–Crippen MR) is 144 cm³/mol. The molecule has 40 heavy (non-hydrogen) atoms. The monoisotopic (exact) mass is 549 g/mol. The Kier molecular flexibility index (Phi) is 6.36. The second kappa shape index (κ2) is 9.77. The molecule has 3 N–H and O–H groups in total. The van der Waals surface area contributed by atoms with E-state index in [-0.39, 0.29) is 0 Å². The third-order valence-corrected chi connectivity index (χ3v) is 7.12. The molecular formula is C27H31N7O6. The van der Waals surface area contributed by atoms with Gasteiger partial charge in [0.2, 0.25) is 5.91 Å². The van der Waals surface area contributed by atoms with Crippen molar-refractivity contribution in [3.05, 3.63) is 48.5 Å². The van der Waals surface area contributed by atoms with Gasteiger partial charge in [0.25, 0.3) is 0 Å². The number of fused-ring (bicyclic) bond motifs is 2. The Bertz CT molecular complexity index is 1580. The molecule has 0 radical (unpaired) electrons. The normalized spacial score (nSPS) is 23.3. The van der Waals surface area contributed by atoms with Crippen LogP contribution in [0.3, 0.4) is 0 Å². The van der Waals surface area contributed by atoms with Gasteiger partial charge in [-0.05, 0) is 32.0 Å². The summed E-state index contributed by atoms with van der Waals surface area (Å²) in [6.07, 6.45) is 2.27. The van der Waals surface area contributed by atoms with E-state index in [0.29, 0.717) is 29.5 Å². The number of benzene rings is 1. The average Bonchev–Trinajstić information content (AvgIpc) is 3.68. The van der Waals surface area contributed by atoms with Crippen molar-refractivity contribution in [2.45, 2.75) is 50.7 Å². The number of carbonyl (C=O) groups is 1. The molecule has 0 bridgehead atoms. The summed E-state index contributed by atoms with van der Waals surface area (Å²) < 4.78 is 32.8. The molecule has 1 amide bonds. The Labute approximate surface area is 230 Å². The lowest BCUT2D eigenvalue weighted by atomic mass is 10.1. The van der Waals surface area contributed by atoms with Crippen molar-refractivity contribution < 1.29 is 28.5 Å². The summed E-state index contributed by atoms with van der Waals surface area (Å²) >= 11 is 0. The number of methoxy groups -OCH3 is 2. The highest BCUT2D eigenvalue weighted by atomic mass is 16.8. The lowest BCUT2D eigenvalue weighted by Crippen LogP contribution is -2.39. The van der Waals surface area contributed by atoms with Gasteiger partial charge in [0.1, 0.15) is 41.5 Å². The molecule has 2 fully saturated rings. The quantitative estimate of drug-likeness (QED) is 0.335. The van der Waals surface area contributed by atoms with Gasteiger partial charge in [-0.1, -0.05) is 0 Å². The van der Waals surface area contributed by atoms with Gasteiger partial charge in [-0.2, -0.15) is 5.10 Å². The number of amides is 1. The molecule has 0 saturated carbocycles. The summed E-state index contributed by atoms with van der Waals surface area (Å²) in [6, 6.07) is 7.55. The number of aryl methyl sites for hydroxylation is 1. The summed E-state index contributed by atoms with van der Waals surface area (Å²) in [6.45, 7) is 4.02. The van der Waals surface area contributed by atoms with Crippen molar-refractivity contribution >= 4 is 22.8 Å². The number of anilines is 1. The molecule has 4 aromatic rings. The minimum atomic E-state index is -0.977. The number of ether oxygens (including phenoxy) is 5. The van der Waals surface area contributed by atoms with Crippen molar-refractivity contribution in [1.29, 1.82) is 0 Å². The van der Waals surface area contributed by atoms with Gasteiger partial charge in [-0.25, -0.2) is 9.97 Å². The minimum Gasteiger partial charge on any atom is -0.497 e. The van der Waals surface area contributed by atoms with Crippen LogP contribution in [-0.4, -0.2) is 68.5 Å². The predicted octanol–water partition coefficient (Wildman–Crippen LogP) is 2.36. The van der Waals surface area contributed by atoms with Crippen LogP contribution in [0.25, 0.3) is 22.3 Å². The first-order valence-electron chi connectivity index (χ1n) is 12.8. The van der Waals surface area contributed by atoms with Gasteiger partial charge in [0.05, 0.1) is 25.3 Å². The van der Waals surface area contributed by atoms with Crippen LogP contribution in [0, 0.1) is 0 Å². The molecule has 5 heterocycles. The molecule has 1 aromatic carbocycles. The van der Waals surface area contributed by atoms with Crippen LogP contribution in [0.5, 0.6) is 11.5 Å². The van der Waals surface area contributed by atoms with Crippen molar-refractivity contribution in [1.82, 2.24) is 24.3 Å². The van der Waals surface area contributed by atoms with E-state index in [4.69, 9.17) is 29.4 Å². The van der Waals surface area contributed by atoms with Gasteiger partial charge in [0, 0.05) is 43.2 Å². The maximum absolute atomic E-state index is 12.3. The number of nitrogens with two attached hydrogens (primary N) is 1. The van der Waals surface area contributed by atoms with Gasteiger partial charge < -0.3 is 39.3 Å². The van der Waals surface area contributed by atoms with E-state index in [0.717, 1.165) is 22.2 Å². The Morgan fingerprint density at radius 1 is 1.15 bits per heavy atom. The third kappa shape index (κ3) is 4.41. The summed E-state index contributed by atoms with van der Waals surface area (Å²) in [5.41, 5.74) is 8.66. The van der Waals surface area contributed by atoms with Crippen molar-refractivity contribution in [2.75, 3.05) is 19.5 Å². The SMILES string of the molecule is COc1ccc(CNc2ncnc3c2c(-c2ccn(C)n2)cn3[C@@H]2O[C@H](C(N)=O)[C@H]3OC(C)(C)O[C@H]32)c(OC)c1. The van der Waals surface area contributed by atoms with E-state index in [9.17, 15) is 4.79 Å². The van der Waals surface area contributed by atoms with E-state index >= 15 is 0 Å². The molecule has 13 heteroatoms. The highest BCUT2D eigenvalue weighted by molar-refractivity contribution is 6.00. The molecule has 0 aliphatic carbocycles. The van der Waals surface area contributed by atoms with E-state index < -0.39 is 36.2 Å². The standard InChI is InChI=1S/C27H31N7O6/c1-27(2)39-20-21(23(28)35)38-26(22(20)40-27)34-12-16(17-8-9-33(3)32-17)19-24(30-13-31-25(19)34)29-11-14-6-7-15(36-4)10-18(14)37-5/h6-10,12-13,20-22,26H,11H2,1-5H3,(H2,28,35)(H,29,30,31)/t20-,21+,22-,26-/m1/s1. The fourth-order valence-corrected chi connectivity index (χ4v) is 5.37. The maximum Gasteiger partial charge on any atom is 0.249 e. The van der Waals surface area contributed by atoms with Crippen LogP contribution in [0.15, 0.2) is 43.0 Å². The summed E-state index contributed by atoms with van der Waals surface area (Å²) in [5.74, 6) is 0.447. The molecule has 2 saturated heterocycles. The van der Waals surface area contributed by atoms with Crippen molar-refractivity contribution in [3.63, 3.8) is 0 Å². The largest absolute Gasteiger partial charge is 0.497 e. The van der Waals surface area contributed by atoms with E-state index in [2.05, 4.69) is 20.4 Å². The second-order valence-corrected chi connectivity index (χ2v) is 10.2. The molecule has 0 unspecified atom stereocenters. The molecule has 0 spiro atoms. The van der Waals surface area contributed by atoms with Crippen LogP contribution in [-0.2, 0) is 32.6 Å². The number of hydrogen-bond donors (Lipinski definition) is 2. The van der Waals surface area contributed by atoms with Crippen LogP contribution in [0.4, 0.5) is 5.82 Å². The first kappa shape index (κ1) is 26.0. The number of hydrogen-bond acceptors (Lipinski definition) is 10. The summed E-state index contributed by atoms with van der Waals surface area (Å²) in [7, 11) is 5.08. The fraction of sp³-hybridized carbons (Fsp3) is 0.407. The summed E-state index contributed by atoms with van der Waals surface area (Å²) in [4.78, 5) is 21.5. The first-order chi connectivity index (χ1) is 19.2. The number of aromatic nitrogens is 5. The Hall–Kier alpha value is -4.20. The van der Waals surface area contributed by atoms with Crippen LogP contribution >= 0.6 is 0 Å². The number of primary amides is 1. The number of nitrogens with zero attached hydrogens (tertiary/aromatic N) is 5. The van der Waals surface area contributed by atoms with Gasteiger partial charge in [-0.3, -0.25) is 9.48 Å². The van der Waals surface area contributed by atoms with E-state index in [1.54, 1.807) is 32.7 Å². The zero-order chi connectivity index (χ0) is 28.2. The zero-order valence-corrected chi connectivity index (χ0v) is 22.8. The summed E-state index contributed by atoms with van der Waals surface area (Å²) in [5, 5.41) is 8.79. The molecule has 210 valence electrons. The van der Waals surface area contributed by atoms with E-state index in [1.165, 1.54) is 6.33 Å². The molecule has 6 rings (SSSR count). The average molecular weight is 550 g/mol. The third-order valence-electron chi connectivity index (χ3n) is 7.12. The first-order valence-corrected chi connectivity index (χ1v) is 12.8. The molecule has 2 aliphatic heterocycles. The van der Waals surface area contributed by atoms with Gasteiger partial charge >= 0.3 is 0 Å². The molecule has 4 atom stereocenters. The minimum absolute atomic E-state index is 0.422. The molecular weight excluding hydrogens is 518 g/mol. The topological polar surface area (TPSA) is 150 Å². The van der Waals surface area contributed by atoms with Crippen LogP contribution in [0.1, 0.15) is 25.6 Å². The molecule has 3 aromatic heterocycles. The Morgan fingerprint density at radius 3 is 2.65 bits per heavy atom. The van der Waals surface area contributed by atoms with Gasteiger partial charge in [0.15, 0.2) is 18.1 Å². The fourth-order valence-electron chi connectivity index (χ4n) is 5.37. The highest BCUT2D eigenvalue weighted by Gasteiger charge is 2.58. The highest BCUT2D eigenvalue weighted by Crippen LogP contribution is 2.45. The number of rotatable bonds is 8. The maximum atomic E-state index is 12.3. The molecule has 13 nitrogen and oxygen atoms in total. The lowest BCUT2D eigenvalue weighted by molar-refractivity contribution is -0.196. The second-order valence-electron chi connectivity index (χ2n) is 10.2.